The fourth-order valence-corrected chi connectivity index (χ4v) is 2.29. The molecular formula is C18H20FN3O3. The highest BCUT2D eigenvalue weighted by molar-refractivity contribution is 5.75. The number of carbonyl (C=O) groups excluding carboxylic acids is 1. The molecule has 0 aromatic heterocycles. The van der Waals surface area contributed by atoms with E-state index in [2.05, 4.69) is 10.6 Å². The highest BCUT2D eigenvalue weighted by Crippen LogP contribution is 2.15. The summed E-state index contributed by atoms with van der Waals surface area (Å²) in [7, 11) is 0. The van der Waals surface area contributed by atoms with Gasteiger partial charge in [0.15, 0.2) is 0 Å². The SMILES string of the molecule is Cc1cc(CNC(=O)CCCNc2ccc([N+](=O)[O-])cc2)ccc1F. The van der Waals surface area contributed by atoms with E-state index in [0.717, 1.165) is 11.3 Å². The van der Waals surface area contributed by atoms with Gasteiger partial charge in [-0.25, -0.2) is 4.39 Å². The molecule has 7 heteroatoms. The number of amides is 1. The van der Waals surface area contributed by atoms with Gasteiger partial charge < -0.3 is 10.6 Å². The Balaban J connectivity index is 1.66. The maximum absolute atomic E-state index is 13.2. The van der Waals surface area contributed by atoms with Gasteiger partial charge >= 0.3 is 0 Å². The Kier molecular flexibility index (Phi) is 6.45. The third-order valence-electron chi connectivity index (χ3n) is 3.70. The van der Waals surface area contributed by atoms with Crippen molar-refractivity contribution in [2.24, 2.45) is 0 Å². The van der Waals surface area contributed by atoms with Crippen molar-refractivity contribution in [2.45, 2.75) is 26.3 Å². The second-order valence-electron chi connectivity index (χ2n) is 5.69. The lowest BCUT2D eigenvalue weighted by molar-refractivity contribution is -0.384. The van der Waals surface area contributed by atoms with Crippen LogP contribution in [-0.4, -0.2) is 17.4 Å². The first kappa shape index (κ1) is 18.4. The van der Waals surface area contributed by atoms with E-state index in [1.54, 1.807) is 31.2 Å². The zero-order valence-electron chi connectivity index (χ0n) is 13.9. The van der Waals surface area contributed by atoms with Crippen LogP contribution in [0.15, 0.2) is 42.5 Å². The minimum Gasteiger partial charge on any atom is -0.385 e. The van der Waals surface area contributed by atoms with Crippen LogP contribution in [0, 0.1) is 22.9 Å². The largest absolute Gasteiger partial charge is 0.385 e. The molecule has 0 fully saturated rings. The van der Waals surface area contributed by atoms with E-state index in [0.29, 0.717) is 31.5 Å². The smallest absolute Gasteiger partial charge is 0.269 e. The van der Waals surface area contributed by atoms with Crippen LogP contribution >= 0.6 is 0 Å². The van der Waals surface area contributed by atoms with Crippen LogP contribution in [0.4, 0.5) is 15.8 Å². The summed E-state index contributed by atoms with van der Waals surface area (Å²) in [5, 5.41) is 16.5. The number of nitro groups is 1. The summed E-state index contributed by atoms with van der Waals surface area (Å²) in [6.45, 7) is 2.64. The summed E-state index contributed by atoms with van der Waals surface area (Å²) in [5.74, 6) is -0.333. The minimum atomic E-state index is -0.448. The number of nitrogens with one attached hydrogen (secondary N) is 2. The van der Waals surface area contributed by atoms with Gasteiger partial charge in [-0.2, -0.15) is 0 Å². The molecule has 2 N–H and O–H groups in total. The topological polar surface area (TPSA) is 84.3 Å². The van der Waals surface area contributed by atoms with Crippen molar-refractivity contribution in [3.63, 3.8) is 0 Å². The predicted octanol–water partition coefficient (Wildman–Crippen LogP) is 3.55. The molecule has 0 aliphatic heterocycles. The van der Waals surface area contributed by atoms with Gasteiger partial charge in [0.05, 0.1) is 4.92 Å². The molecule has 0 aliphatic carbocycles. The highest BCUT2D eigenvalue weighted by atomic mass is 19.1. The normalized spacial score (nSPS) is 10.3. The van der Waals surface area contributed by atoms with E-state index in [-0.39, 0.29) is 17.4 Å². The molecule has 0 saturated carbocycles. The van der Waals surface area contributed by atoms with Crippen LogP contribution in [0.2, 0.25) is 0 Å². The molecule has 0 aliphatic rings. The van der Waals surface area contributed by atoms with E-state index >= 15 is 0 Å². The number of aryl methyl sites for hydroxylation is 1. The van der Waals surface area contributed by atoms with Crippen LogP contribution in [0.5, 0.6) is 0 Å². The lowest BCUT2D eigenvalue weighted by atomic mass is 10.1. The van der Waals surface area contributed by atoms with Gasteiger partial charge in [-0.3, -0.25) is 14.9 Å². The molecule has 2 aromatic rings. The number of nitrogens with zero attached hydrogens (tertiary/aromatic N) is 1. The van der Waals surface area contributed by atoms with Gasteiger partial charge in [0.25, 0.3) is 5.69 Å². The number of rotatable bonds is 8. The van der Waals surface area contributed by atoms with E-state index in [1.807, 2.05) is 0 Å². The molecule has 2 rings (SSSR count). The van der Waals surface area contributed by atoms with Gasteiger partial charge in [0.1, 0.15) is 5.82 Å². The molecule has 6 nitrogen and oxygen atoms in total. The van der Waals surface area contributed by atoms with E-state index < -0.39 is 4.92 Å². The molecule has 1 amide bonds. The quantitative estimate of drug-likeness (QED) is 0.435. The van der Waals surface area contributed by atoms with Crippen molar-refractivity contribution < 1.29 is 14.1 Å². The number of halogens is 1. The average molecular weight is 345 g/mol. The van der Waals surface area contributed by atoms with Gasteiger partial charge in [-0.15, -0.1) is 0 Å². The third kappa shape index (κ3) is 5.87. The van der Waals surface area contributed by atoms with Gasteiger partial charge in [-0.05, 0) is 42.7 Å². The number of hydrogen-bond donors (Lipinski definition) is 2. The van der Waals surface area contributed by atoms with Crippen molar-refractivity contribution in [3.8, 4) is 0 Å². The number of benzene rings is 2. The van der Waals surface area contributed by atoms with Crippen LogP contribution in [0.3, 0.4) is 0 Å². The maximum Gasteiger partial charge on any atom is 0.269 e. The molecule has 0 radical (unpaired) electrons. The molecule has 2 aromatic carbocycles. The first-order chi connectivity index (χ1) is 12.0. The van der Waals surface area contributed by atoms with E-state index in [1.165, 1.54) is 18.2 Å². The van der Waals surface area contributed by atoms with Crippen molar-refractivity contribution in [2.75, 3.05) is 11.9 Å². The fraction of sp³-hybridized carbons (Fsp3) is 0.278. The monoisotopic (exact) mass is 345 g/mol. The summed E-state index contributed by atoms with van der Waals surface area (Å²) < 4.78 is 13.2. The van der Waals surface area contributed by atoms with E-state index in [4.69, 9.17) is 0 Å². The summed E-state index contributed by atoms with van der Waals surface area (Å²) >= 11 is 0. The van der Waals surface area contributed by atoms with Crippen molar-refractivity contribution in [1.82, 2.24) is 5.32 Å². The molecule has 0 unspecified atom stereocenters. The molecule has 0 saturated heterocycles. The molecule has 0 heterocycles. The minimum absolute atomic E-state index is 0.0426. The lowest BCUT2D eigenvalue weighted by Gasteiger charge is -2.08. The second-order valence-corrected chi connectivity index (χ2v) is 5.69. The Hall–Kier alpha value is -2.96. The zero-order valence-corrected chi connectivity index (χ0v) is 13.9. The summed E-state index contributed by atoms with van der Waals surface area (Å²) in [5.41, 5.74) is 2.23. The van der Waals surface area contributed by atoms with Gasteiger partial charge in [0.2, 0.25) is 5.91 Å². The molecule has 132 valence electrons. The Morgan fingerprint density at radius 3 is 2.56 bits per heavy atom. The molecule has 25 heavy (non-hydrogen) atoms. The molecule has 0 bridgehead atoms. The summed E-state index contributed by atoms with van der Waals surface area (Å²) in [6.07, 6.45) is 0.991. The molecule has 0 spiro atoms. The first-order valence-corrected chi connectivity index (χ1v) is 7.96. The van der Waals surface area contributed by atoms with Crippen molar-refractivity contribution in [1.29, 1.82) is 0 Å². The predicted molar refractivity (Wildman–Crippen MR) is 93.8 cm³/mol. The van der Waals surface area contributed by atoms with Crippen molar-refractivity contribution >= 4 is 17.3 Å². The van der Waals surface area contributed by atoms with Crippen LogP contribution in [0.25, 0.3) is 0 Å². The van der Waals surface area contributed by atoms with Crippen molar-refractivity contribution in [3.05, 3.63) is 69.5 Å². The Morgan fingerprint density at radius 1 is 1.20 bits per heavy atom. The standard InChI is InChI=1S/C18H20FN3O3/c1-13-11-14(4-9-17(13)19)12-21-18(23)3-2-10-20-15-5-7-16(8-6-15)22(24)25/h4-9,11,20H,2-3,10,12H2,1H3,(H,21,23). The van der Waals surface area contributed by atoms with Crippen LogP contribution in [0.1, 0.15) is 24.0 Å². The van der Waals surface area contributed by atoms with Gasteiger partial charge in [-0.1, -0.05) is 12.1 Å². The Bertz CT molecular complexity index is 748. The Labute approximate surface area is 145 Å². The molecular weight excluding hydrogens is 325 g/mol. The van der Waals surface area contributed by atoms with E-state index in [9.17, 15) is 19.3 Å². The fourth-order valence-electron chi connectivity index (χ4n) is 2.29. The number of anilines is 1. The average Bonchev–Trinajstić information content (AvgIpc) is 2.60. The lowest BCUT2D eigenvalue weighted by Crippen LogP contribution is -2.23. The highest BCUT2D eigenvalue weighted by Gasteiger charge is 2.05. The summed E-state index contributed by atoms with van der Waals surface area (Å²) in [4.78, 5) is 21.9. The number of carbonyl (C=O) groups is 1. The first-order valence-electron chi connectivity index (χ1n) is 7.96. The maximum atomic E-state index is 13.2. The number of nitro benzene ring substituents is 1. The Morgan fingerprint density at radius 2 is 1.92 bits per heavy atom. The number of non-ortho nitro benzene ring substituents is 1. The number of hydrogen-bond acceptors (Lipinski definition) is 4. The van der Waals surface area contributed by atoms with Gasteiger partial charge in [0, 0.05) is 37.3 Å². The van der Waals surface area contributed by atoms with Crippen LogP contribution in [-0.2, 0) is 11.3 Å². The second kappa shape index (κ2) is 8.77. The third-order valence-corrected chi connectivity index (χ3v) is 3.70. The van der Waals surface area contributed by atoms with Crippen LogP contribution < -0.4 is 10.6 Å². The molecule has 0 atom stereocenters. The zero-order chi connectivity index (χ0) is 18.2. The summed E-state index contributed by atoms with van der Waals surface area (Å²) in [6, 6.07) is 10.9.